The molecule has 1 aromatic heterocycles. The van der Waals surface area contributed by atoms with Gasteiger partial charge >= 0.3 is 5.97 Å². The summed E-state index contributed by atoms with van der Waals surface area (Å²) < 4.78 is 5.37. The number of carbonyl (C=O) groups excluding carboxylic acids is 1. The number of thiocarbonyl (C=S) groups is 1. The van der Waals surface area contributed by atoms with Crippen LogP contribution in [0.25, 0.3) is 6.08 Å². The lowest BCUT2D eigenvalue weighted by atomic mass is 10.3. The van der Waals surface area contributed by atoms with Crippen molar-refractivity contribution in [2.45, 2.75) is 13.0 Å². The van der Waals surface area contributed by atoms with Crippen molar-refractivity contribution in [1.82, 2.24) is 4.90 Å². The smallest absolute Gasteiger partial charge is 0.326 e. The molecule has 0 aliphatic carbocycles. The fourth-order valence-electron chi connectivity index (χ4n) is 1.55. The van der Waals surface area contributed by atoms with E-state index in [0.717, 1.165) is 16.7 Å². The van der Waals surface area contributed by atoms with E-state index in [1.54, 1.807) is 36.6 Å². The second kappa shape index (κ2) is 6.06. The lowest BCUT2D eigenvalue weighted by molar-refractivity contribution is -0.144. The van der Waals surface area contributed by atoms with Crippen molar-refractivity contribution in [3.63, 3.8) is 0 Å². The zero-order valence-electron chi connectivity index (χ0n) is 10.5. The molecule has 0 saturated carbocycles. The summed E-state index contributed by atoms with van der Waals surface area (Å²) in [6.07, 6.45) is 6.51. The molecule has 1 fully saturated rings. The molecule has 0 bridgehead atoms. The van der Waals surface area contributed by atoms with Crippen LogP contribution >= 0.6 is 24.0 Å². The topological polar surface area (TPSA) is 70.8 Å². The van der Waals surface area contributed by atoms with Crippen LogP contribution < -0.4 is 0 Å². The van der Waals surface area contributed by atoms with Gasteiger partial charge in [0.15, 0.2) is 0 Å². The van der Waals surface area contributed by atoms with Gasteiger partial charge in [0.05, 0.1) is 11.2 Å². The fraction of sp³-hybridized carbons (Fsp3) is 0.154. The van der Waals surface area contributed by atoms with E-state index < -0.39 is 12.0 Å². The van der Waals surface area contributed by atoms with E-state index in [0.29, 0.717) is 10.7 Å². The molecular weight excluding hydrogens is 298 g/mol. The lowest BCUT2D eigenvalue weighted by Crippen LogP contribution is -2.41. The quantitative estimate of drug-likeness (QED) is 0.680. The standard InChI is InChI=1S/C13H11NO4S2/c1-8(12(16)17)14-11(15)10(20-13(14)19)6-2-4-9-5-3-7-18-9/h2-8H,1H3,(H,16,17). The van der Waals surface area contributed by atoms with Crippen molar-refractivity contribution in [3.05, 3.63) is 41.2 Å². The molecule has 2 rings (SSSR count). The van der Waals surface area contributed by atoms with E-state index in [1.165, 1.54) is 6.92 Å². The average molecular weight is 309 g/mol. The highest BCUT2D eigenvalue weighted by molar-refractivity contribution is 8.26. The van der Waals surface area contributed by atoms with Crippen molar-refractivity contribution >= 4 is 46.3 Å². The Labute approximate surface area is 124 Å². The second-order valence-electron chi connectivity index (χ2n) is 3.96. The monoisotopic (exact) mass is 309 g/mol. The van der Waals surface area contributed by atoms with Gasteiger partial charge in [0.2, 0.25) is 0 Å². The fourth-order valence-corrected chi connectivity index (χ4v) is 2.92. The van der Waals surface area contributed by atoms with Gasteiger partial charge in [-0.05, 0) is 31.2 Å². The summed E-state index contributed by atoms with van der Waals surface area (Å²) in [5, 5.41) is 8.96. The van der Waals surface area contributed by atoms with E-state index in [2.05, 4.69) is 0 Å². The number of furan rings is 1. The predicted octanol–water partition coefficient (Wildman–Crippen LogP) is 2.51. The maximum absolute atomic E-state index is 12.1. The zero-order valence-corrected chi connectivity index (χ0v) is 12.1. The largest absolute Gasteiger partial charge is 0.480 e. The number of aliphatic carboxylic acids is 1. The lowest BCUT2D eigenvalue weighted by Gasteiger charge is -2.18. The first kappa shape index (κ1) is 14.5. The van der Waals surface area contributed by atoms with Crippen LogP contribution in [0.3, 0.4) is 0 Å². The Bertz CT molecular complexity index is 604. The average Bonchev–Trinajstić information content (AvgIpc) is 2.98. The molecule has 1 aliphatic heterocycles. The van der Waals surface area contributed by atoms with E-state index in [1.807, 2.05) is 0 Å². The molecule has 104 valence electrons. The third-order valence-electron chi connectivity index (χ3n) is 2.62. The van der Waals surface area contributed by atoms with Crippen LogP contribution in [0.4, 0.5) is 0 Å². The number of allylic oxidation sites excluding steroid dienone is 2. The van der Waals surface area contributed by atoms with Gasteiger partial charge in [0.25, 0.3) is 5.91 Å². The molecule has 2 heterocycles. The second-order valence-corrected chi connectivity index (χ2v) is 5.64. The van der Waals surface area contributed by atoms with Gasteiger partial charge in [-0.2, -0.15) is 0 Å². The highest BCUT2D eigenvalue weighted by Gasteiger charge is 2.37. The summed E-state index contributed by atoms with van der Waals surface area (Å²) in [5.41, 5.74) is 0. The van der Waals surface area contributed by atoms with E-state index >= 15 is 0 Å². The van der Waals surface area contributed by atoms with Gasteiger partial charge in [-0.25, -0.2) is 4.79 Å². The number of nitrogens with zero attached hydrogens (tertiary/aromatic N) is 1. The van der Waals surface area contributed by atoms with Crippen molar-refractivity contribution in [3.8, 4) is 0 Å². The molecule has 0 aromatic carbocycles. The van der Waals surface area contributed by atoms with Crippen LogP contribution in [0.2, 0.25) is 0 Å². The van der Waals surface area contributed by atoms with E-state index in [-0.39, 0.29) is 10.2 Å². The molecule has 1 atom stereocenters. The molecule has 0 spiro atoms. The Morgan fingerprint density at radius 1 is 1.60 bits per heavy atom. The number of carboxylic acid groups (broad SMARTS) is 1. The summed E-state index contributed by atoms with van der Waals surface area (Å²) >= 11 is 6.13. The molecule has 1 unspecified atom stereocenters. The van der Waals surface area contributed by atoms with Gasteiger partial charge in [-0.1, -0.05) is 30.1 Å². The van der Waals surface area contributed by atoms with Gasteiger partial charge in [-0.3, -0.25) is 9.69 Å². The molecule has 1 amide bonds. The molecule has 7 heteroatoms. The molecule has 20 heavy (non-hydrogen) atoms. The number of carbonyl (C=O) groups is 2. The third kappa shape index (κ3) is 3.00. The van der Waals surface area contributed by atoms with Crippen LogP contribution in [0.15, 0.2) is 39.9 Å². The van der Waals surface area contributed by atoms with Crippen molar-refractivity contribution < 1.29 is 19.1 Å². The van der Waals surface area contributed by atoms with E-state index in [9.17, 15) is 9.59 Å². The number of hydrogen-bond donors (Lipinski definition) is 1. The minimum atomic E-state index is -1.09. The first-order valence-electron chi connectivity index (χ1n) is 5.70. The molecule has 1 saturated heterocycles. The number of thioether (sulfide) groups is 1. The Morgan fingerprint density at radius 2 is 2.35 bits per heavy atom. The van der Waals surface area contributed by atoms with E-state index in [4.69, 9.17) is 21.7 Å². The number of hydrogen-bond acceptors (Lipinski definition) is 5. The molecule has 5 nitrogen and oxygen atoms in total. The Morgan fingerprint density at radius 3 is 2.95 bits per heavy atom. The highest BCUT2D eigenvalue weighted by atomic mass is 32.2. The summed E-state index contributed by atoms with van der Waals surface area (Å²) in [7, 11) is 0. The minimum Gasteiger partial charge on any atom is -0.480 e. The van der Waals surface area contributed by atoms with Gasteiger partial charge in [-0.15, -0.1) is 0 Å². The third-order valence-corrected chi connectivity index (χ3v) is 3.97. The van der Waals surface area contributed by atoms with Crippen LogP contribution in [-0.4, -0.2) is 32.2 Å². The maximum Gasteiger partial charge on any atom is 0.326 e. The number of rotatable bonds is 4. The van der Waals surface area contributed by atoms with Crippen LogP contribution in [0.1, 0.15) is 12.7 Å². The Hall–Kier alpha value is -1.86. The number of amides is 1. The molecule has 1 N–H and O–H groups in total. The van der Waals surface area contributed by atoms with Crippen molar-refractivity contribution in [1.29, 1.82) is 0 Å². The molecule has 1 aromatic rings. The molecule has 1 aliphatic rings. The summed E-state index contributed by atoms with van der Waals surface area (Å²) in [5.74, 6) is -0.816. The summed E-state index contributed by atoms with van der Waals surface area (Å²) in [6.45, 7) is 1.43. The van der Waals surface area contributed by atoms with Crippen LogP contribution in [0, 0.1) is 0 Å². The highest BCUT2D eigenvalue weighted by Crippen LogP contribution is 2.32. The first-order chi connectivity index (χ1) is 9.50. The summed E-state index contributed by atoms with van der Waals surface area (Å²) in [6, 6.07) is 2.57. The number of carboxylic acids is 1. The zero-order chi connectivity index (χ0) is 14.7. The van der Waals surface area contributed by atoms with Gasteiger partial charge in [0, 0.05) is 0 Å². The van der Waals surface area contributed by atoms with Crippen molar-refractivity contribution in [2.75, 3.05) is 0 Å². The Kier molecular flexibility index (Phi) is 4.41. The van der Waals surface area contributed by atoms with Crippen molar-refractivity contribution in [2.24, 2.45) is 0 Å². The molecule has 0 radical (unpaired) electrons. The van der Waals surface area contributed by atoms with Crippen LogP contribution in [0.5, 0.6) is 0 Å². The van der Waals surface area contributed by atoms with Gasteiger partial charge in [0.1, 0.15) is 16.1 Å². The minimum absolute atomic E-state index is 0.252. The van der Waals surface area contributed by atoms with Crippen LogP contribution in [-0.2, 0) is 9.59 Å². The van der Waals surface area contributed by atoms with Gasteiger partial charge < -0.3 is 9.52 Å². The maximum atomic E-state index is 12.1. The first-order valence-corrected chi connectivity index (χ1v) is 6.93. The summed E-state index contributed by atoms with van der Waals surface area (Å²) in [4.78, 5) is 24.5. The predicted molar refractivity (Wildman–Crippen MR) is 80.0 cm³/mol. The Balaban J connectivity index is 2.13. The SMILES string of the molecule is CC(C(=O)O)N1C(=O)C(=CC=Cc2ccco2)SC1=S. The molecular formula is C13H11NO4S2. The normalized spacial score (nSPS) is 19.2.